The summed E-state index contributed by atoms with van der Waals surface area (Å²) in [5, 5.41) is 11.0. The second-order valence-electron chi connectivity index (χ2n) is 5.20. The number of benzene rings is 1. The minimum atomic E-state index is -4.47. The summed E-state index contributed by atoms with van der Waals surface area (Å²) in [6, 6.07) is 12.8. The van der Waals surface area contributed by atoms with Crippen LogP contribution < -0.4 is 5.32 Å². The molecule has 5 nitrogen and oxygen atoms in total. The van der Waals surface area contributed by atoms with Crippen LogP contribution in [0.15, 0.2) is 54.7 Å². The molecule has 0 aliphatic carbocycles. The van der Waals surface area contributed by atoms with Crippen molar-refractivity contribution in [1.29, 1.82) is 0 Å². The van der Waals surface area contributed by atoms with Crippen LogP contribution in [0.2, 0.25) is 0 Å². The van der Waals surface area contributed by atoms with Gasteiger partial charge in [0.15, 0.2) is 0 Å². The van der Waals surface area contributed by atoms with Gasteiger partial charge < -0.3 is 5.32 Å². The zero-order chi connectivity index (χ0) is 17.2. The van der Waals surface area contributed by atoms with Gasteiger partial charge in [-0.25, -0.2) is 9.67 Å². The number of nitrogens with zero attached hydrogens (tertiary/aromatic N) is 4. The first kappa shape index (κ1) is 16.0. The molecule has 0 radical (unpaired) electrons. The molecular weight excluding hydrogens is 319 g/mol. The minimum absolute atomic E-state index is 0.131. The average molecular weight is 333 g/mol. The first-order valence-corrected chi connectivity index (χ1v) is 7.22. The number of halogens is 3. The lowest BCUT2D eigenvalue weighted by atomic mass is 10.2. The van der Waals surface area contributed by atoms with Gasteiger partial charge in [0.1, 0.15) is 17.2 Å². The Hall–Kier alpha value is -2.90. The maximum atomic E-state index is 12.7. The van der Waals surface area contributed by atoms with Crippen molar-refractivity contribution in [2.24, 2.45) is 0 Å². The van der Waals surface area contributed by atoms with Crippen molar-refractivity contribution in [3.63, 3.8) is 0 Å². The number of aromatic nitrogens is 4. The molecule has 1 unspecified atom stereocenters. The Morgan fingerprint density at radius 3 is 2.50 bits per heavy atom. The third-order valence-electron chi connectivity index (χ3n) is 3.38. The van der Waals surface area contributed by atoms with Gasteiger partial charge in [0.25, 0.3) is 0 Å². The Labute approximate surface area is 136 Å². The summed E-state index contributed by atoms with van der Waals surface area (Å²) in [7, 11) is 0. The van der Waals surface area contributed by atoms with E-state index in [2.05, 4.69) is 20.6 Å². The molecule has 1 atom stereocenters. The second-order valence-corrected chi connectivity index (χ2v) is 5.20. The van der Waals surface area contributed by atoms with Gasteiger partial charge in [-0.3, -0.25) is 0 Å². The molecule has 8 heteroatoms. The van der Waals surface area contributed by atoms with E-state index in [1.807, 2.05) is 30.3 Å². The third-order valence-corrected chi connectivity index (χ3v) is 3.38. The predicted octanol–water partition coefficient (Wildman–Crippen LogP) is 3.85. The number of hydrogen-bond acceptors (Lipinski definition) is 4. The summed E-state index contributed by atoms with van der Waals surface area (Å²) < 4.78 is 39.7. The lowest BCUT2D eigenvalue weighted by molar-refractivity contribution is -0.141. The fourth-order valence-corrected chi connectivity index (χ4v) is 2.15. The number of anilines is 1. The van der Waals surface area contributed by atoms with E-state index in [1.54, 1.807) is 17.8 Å². The Morgan fingerprint density at radius 2 is 1.79 bits per heavy atom. The Balaban J connectivity index is 1.76. The highest BCUT2D eigenvalue weighted by molar-refractivity contribution is 5.38. The van der Waals surface area contributed by atoms with E-state index in [-0.39, 0.29) is 11.9 Å². The van der Waals surface area contributed by atoms with Crippen molar-refractivity contribution in [1.82, 2.24) is 20.0 Å². The van der Waals surface area contributed by atoms with Gasteiger partial charge in [0.05, 0.1) is 17.9 Å². The Morgan fingerprint density at radius 1 is 1.04 bits per heavy atom. The van der Waals surface area contributed by atoms with E-state index >= 15 is 0 Å². The first-order chi connectivity index (χ1) is 11.4. The van der Waals surface area contributed by atoms with Crippen LogP contribution in [0.3, 0.4) is 0 Å². The number of pyridine rings is 1. The van der Waals surface area contributed by atoms with Gasteiger partial charge in [0.2, 0.25) is 0 Å². The van der Waals surface area contributed by atoms with Gasteiger partial charge in [-0.2, -0.15) is 13.2 Å². The van der Waals surface area contributed by atoms with Crippen LogP contribution in [0.5, 0.6) is 0 Å². The van der Waals surface area contributed by atoms with Gasteiger partial charge in [0, 0.05) is 0 Å². The molecule has 0 aliphatic rings. The fraction of sp³-hybridized carbons (Fsp3) is 0.188. The molecule has 1 N–H and O–H groups in total. The van der Waals surface area contributed by atoms with Gasteiger partial charge in [-0.1, -0.05) is 29.5 Å². The molecule has 0 saturated heterocycles. The van der Waals surface area contributed by atoms with E-state index in [1.165, 1.54) is 12.1 Å². The summed E-state index contributed by atoms with van der Waals surface area (Å²) in [4.78, 5) is 3.58. The van der Waals surface area contributed by atoms with E-state index < -0.39 is 11.9 Å². The van der Waals surface area contributed by atoms with Crippen molar-refractivity contribution in [3.05, 3.63) is 66.1 Å². The smallest absolute Gasteiger partial charge is 0.362 e. The maximum Gasteiger partial charge on any atom is 0.433 e. The highest BCUT2D eigenvalue weighted by atomic mass is 19.4. The molecule has 3 rings (SSSR count). The Bertz CT molecular complexity index is 814. The fourth-order valence-electron chi connectivity index (χ4n) is 2.15. The van der Waals surface area contributed by atoms with Crippen LogP contribution in [-0.4, -0.2) is 20.0 Å². The molecule has 3 aromatic rings. The molecule has 24 heavy (non-hydrogen) atoms. The SMILES string of the molecule is CC(Nc1cccc(C(F)(F)F)n1)c1cn(-c2ccccc2)nn1. The Kier molecular flexibility index (Phi) is 4.20. The van der Waals surface area contributed by atoms with Crippen molar-refractivity contribution in [3.8, 4) is 5.69 Å². The van der Waals surface area contributed by atoms with Gasteiger partial charge >= 0.3 is 6.18 Å². The normalized spacial score (nSPS) is 12.8. The zero-order valence-electron chi connectivity index (χ0n) is 12.7. The summed E-state index contributed by atoms with van der Waals surface area (Å²) in [5.74, 6) is 0.131. The largest absolute Gasteiger partial charge is 0.433 e. The van der Waals surface area contributed by atoms with Crippen LogP contribution in [-0.2, 0) is 6.18 Å². The molecular formula is C16H14F3N5. The molecule has 124 valence electrons. The molecule has 0 spiro atoms. The number of nitrogens with one attached hydrogen (secondary N) is 1. The van der Waals surface area contributed by atoms with Gasteiger partial charge in [-0.05, 0) is 31.2 Å². The van der Waals surface area contributed by atoms with E-state index in [0.717, 1.165) is 11.8 Å². The quantitative estimate of drug-likeness (QED) is 0.788. The van der Waals surface area contributed by atoms with E-state index in [9.17, 15) is 13.2 Å². The summed E-state index contributed by atoms with van der Waals surface area (Å²) in [5.41, 5.74) is 0.506. The minimum Gasteiger partial charge on any atom is -0.362 e. The topological polar surface area (TPSA) is 55.6 Å². The van der Waals surface area contributed by atoms with Crippen molar-refractivity contribution >= 4 is 5.82 Å². The van der Waals surface area contributed by atoms with Gasteiger partial charge in [-0.15, -0.1) is 5.10 Å². The lowest BCUT2D eigenvalue weighted by Crippen LogP contribution is -2.12. The molecule has 0 fully saturated rings. The number of alkyl halides is 3. The molecule has 0 aliphatic heterocycles. The highest BCUT2D eigenvalue weighted by Crippen LogP contribution is 2.28. The van der Waals surface area contributed by atoms with Crippen LogP contribution >= 0.6 is 0 Å². The van der Waals surface area contributed by atoms with Crippen molar-refractivity contribution in [2.45, 2.75) is 19.1 Å². The average Bonchev–Trinajstić information content (AvgIpc) is 3.05. The summed E-state index contributed by atoms with van der Waals surface area (Å²) in [6.45, 7) is 1.78. The highest BCUT2D eigenvalue weighted by Gasteiger charge is 2.32. The summed E-state index contributed by atoms with van der Waals surface area (Å²) in [6.07, 6.45) is -2.75. The van der Waals surface area contributed by atoms with Crippen LogP contribution in [0.1, 0.15) is 24.4 Å². The standard InChI is InChI=1S/C16H14F3N5/c1-11(20-15-9-5-8-14(21-15)16(17,18)19)13-10-24(23-22-13)12-6-3-2-4-7-12/h2-11H,1H3,(H,20,21). The zero-order valence-corrected chi connectivity index (χ0v) is 12.7. The monoisotopic (exact) mass is 333 g/mol. The maximum absolute atomic E-state index is 12.7. The molecule has 2 heterocycles. The molecule has 2 aromatic heterocycles. The lowest BCUT2D eigenvalue weighted by Gasteiger charge is -2.13. The van der Waals surface area contributed by atoms with E-state index in [0.29, 0.717) is 5.69 Å². The predicted molar refractivity (Wildman–Crippen MR) is 82.6 cm³/mol. The number of hydrogen-bond donors (Lipinski definition) is 1. The first-order valence-electron chi connectivity index (χ1n) is 7.22. The van der Waals surface area contributed by atoms with Crippen molar-refractivity contribution < 1.29 is 13.2 Å². The second kappa shape index (κ2) is 6.31. The molecule has 0 saturated carbocycles. The van der Waals surface area contributed by atoms with Crippen LogP contribution in [0.4, 0.5) is 19.0 Å². The molecule has 0 amide bonds. The van der Waals surface area contributed by atoms with E-state index in [4.69, 9.17) is 0 Å². The van der Waals surface area contributed by atoms with Crippen LogP contribution in [0.25, 0.3) is 5.69 Å². The molecule has 1 aromatic carbocycles. The summed E-state index contributed by atoms with van der Waals surface area (Å²) >= 11 is 0. The number of rotatable bonds is 4. The van der Waals surface area contributed by atoms with Crippen molar-refractivity contribution in [2.75, 3.05) is 5.32 Å². The van der Waals surface area contributed by atoms with Crippen LogP contribution in [0, 0.1) is 0 Å². The third kappa shape index (κ3) is 3.53. The number of para-hydroxylation sites is 1. The molecule has 0 bridgehead atoms.